The van der Waals surface area contributed by atoms with E-state index in [1.165, 1.54) is 6.08 Å². The quantitative estimate of drug-likeness (QED) is 0.369. The van der Waals surface area contributed by atoms with Gasteiger partial charge < -0.3 is 18.6 Å². The molecule has 0 aliphatic rings. The molecule has 1 unspecified atom stereocenters. The van der Waals surface area contributed by atoms with Crippen LogP contribution in [-0.2, 0) is 9.53 Å². The molecule has 0 spiro atoms. The van der Waals surface area contributed by atoms with Gasteiger partial charge in [-0.3, -0.25) is 0 Å². The van der Waals surface area contributed by atoms with Crippen LogP contribution in [-0.4, -0.2) is 24.7 Å². The number of carbonyl (C=O) groups excluding carboxylic acids is 1. The second-order valence-corrected chi connectivity index (χ2v) is 6.58. The van der Waals surface area contributed by atoms with E-state index >= 15 is 0 Å². The van der Waals surface area contributed by atoms with Crippen LogP contribution >= 0.6 is 0 Å². The van der Waals surface area contributed by atoms with Crippen molar-refractivity contribution >= 4 is 12.0 Å². The fourth-order valence-electron chi connectivity index (χ4n) is 2.98. The fourth-order valence-corrected chi connectivity index (χ4v) is 2.98. The Bertz CT molecular complexity index is 1020. The molecule has 0 fully saturated rings. The smallest absolute Gasteiger partial charge is 0.330 e. The normalized spacial score (nSPS) is 12.0. The molecule has 156 valence electrons. The Balaban J connectivity index is 1.77. The first-order chi connectivity index (χ1) is 14.5. The van der Waals surface area contributed by atoms with Crippen LogP contribution in [0.4, 0.5) is 0 Å². The van der Waals surface area contributed by atoms with Gasteiger partial charge in [0.1, 0.15) is 17.6 Å². The van der Waals surface area contributed by atoms with E-state index in [1.807, 2.05) is 50.2 Å². The van der Waals surface area contributed by atoms with Gasteiger partial charge in [0.05, 0.1) is 13.7 Å². The van der Waals surface area contributed by atoms with Crippen LogP contribution in [0.25, 0.3) is 17.5 Å². The van der Waals surface area contributed by atoms with Crippen molar-refractivity contribution in [1.82, 2.24) is 4.98 Å². The molecule has 0 radical (unpaired) electrons. The van der Waals surface area contributed by atoms with Crippen molar-refractivity contribution in [2.75, 3.05) is 13.7 Å². The molecule has 0 amide bonds. The molecule has 1 aromatic heterocycles. The maximum atomic E-state index is 11.5. The minimum absolute atomic E-state index is 0.338. The summed E-state index contributed by atoms with van der Waals surface area (Å²) < 4.78 is 22.3. The lowest BCUT2D eigenvalue weighted by Gasteiger charge is -2.16. The number of nitrogens with zero attached hydrogens (tertiary/aromatic N) is 1. The highest BCUT2D eigenvalue weighted by Gasteiger charge is 2.20. The van der Waals surface area contributed by atoms with Gasteiger partial charge >= 0.3 is 5.97 Å². The summed E-state index contributed by atoms with van der Waals surface area (Å²) in [6, 6.07) is 15.2. The fraction of sp³-hybridized carbons (Fsp3) is 0.250. The average Bonchev–Trinajstić information content (AvgIpc) is 3.15. The van der Waals surface area contributed by atoms with Gasteiger partial charge in [-0.15, -0.1) is 0 Å². The molecular formula is C24H25NO5. The first-order valence-electron chi connectivity index (χ1n) is 9.74. The van der Waals surface area contributed by atoms with Crippen molar-refractivity contribution in [2.24, 2.45) is 0 Å². The molecule has 0 aliphatic carbocycles. The molecule has 1 atom stereocenters. The number of hydrogen-bond acceptors (Lipinski definition) is 6. The van der Waals surface area contributed by atoms with Gasteiger partial charge in [-0.05, 0) is 56.7 Å². The van der Waals surface area contributed by atoms with Gasteiger partial charge in [-0.2, -0.15) is 0 Å². The van der Waals surface area contributed by atoms with Crippen LogP contribution in [0.15, 0.2) is 59.0 Å². The zero-order valence-electron chi connectivity index (χ0n) is 17.5. The van der Waals surface area contributed by atoms with Gasteiger partial charge in [-0.1, -0.05) is 24.3 Å². The maximum Gasteiger partial charge on any atom is 0.330 e. The second-order valence-electron chi connectivity index (χ2n) is 6.58. The Morgan fingerprint density at radius 2 is 1.93 bits per heavy atom. The first-order valence-corrected chi connectivity index (χ1v) is 9.74. The lowest BCUT2D eigenvalue weighted by atomic mass is 10.2. The van der Waals surface area contributed by atoms with E-state index in [9.17, 15) is 4.79 Å². The van der Waals surface area contributed by atoms with Crippen LogP contribution in [0.5, 0.6) is 11.5 Å². The van der Waals surface area contributed by atoms with Crippen LogP contribution in [0.2, 0.25) is 0 Å². The molecule has 3 rings (SSSR count). The van der Waals surface area contributed by atoms with Crippen molar-refractivity contribution < 1.29 is 23.4 Å². The number of esters is 1. The molecule has 3 aromatic rings. The summed E-state index contributed by atoms with van der Waals surface area (Å²) in [6.45, 7) is 5.88. The number of oxazole rings is 1. The third-order valence-corrected chi connectivity index (χ3v) is 4.43. The molecule has 0 saturated heterocycles. The highest BCUT2D eigenvalue weighted by atomic mass is 16.5. The van der Waals surface area contributed by atoms with E-state index in [-0.39, 0.29) is 12.1 Å². The Hall–Kier alpha value is -3.54. The van der Waals surface area contributed by atoms with Crippen LogP contribution in [0, 0.1) is 6.92 Å². The summed E-state index contributed by atoms with van der Waals surface area (Å²) in [4.78, 5) is 16.1. The van der Waals surface area contributed by atoms with Gasteiger partial charge in [0.2, 0.25) is 5.89 Å². The molecule has 0 aliphatic heterocycles. The van der Waals surface area contributed by atoms with Gasteiger partial charge in [-0.25, -0.2) is 9.78 Å². The summed E-state index contributed by atoms with van der Waals surface area (Å²) in [5, 5.41) is 0. The summed E-state index contributed by atoms with van der Waals surface area (Å²) in [7, 11) is 1.57. The Morgan fingerprint density at radius 1 is 1.17 bits per heavy atom. The lowest BCUT2D eigenvalue weighted by Crippen LogP contribution is -2.06. The van der Waals surface area contributed by atoms with Crippen molar-refractivity contribution in [2.45, 2.75) is 26.9 Å². The van der Waals surface area contributed by atoms with Crippen LogP contribution in [0.1, 0.15) is 37.0 Å². The Morgan fingerprint density at radius 3 is 2.63 bits per heavy atom. The minimum atomic E-state index is -0.388. The first kappa shape index (κ1) is 21.2. The lowest BCUT2D eigenvalue weighted by molar-refractivity contribution is -0.137. The summed E-state index contributed by atoms with van der Waals surface area (Å²) >= 11 is 0. The minimum Gasteiger partial charge on any atom is -0.493 e. The van der Waals surface area contributed by atoms with E-state index in [4.69, 9.17) is 18.6 Å². The Labute approximate surface area is 176 Å². The molecule has 2 aromatic carbocycles. The standard InChI is InChI=1S/C24H25NO5/c1-5-28-22(26)14-12-18-11-13-20(21(15-18)27-4)29-16(2)23-17(3)30-24(25-23)19-9-7-6-8-10-19/h6-16H,5H2,1-4H3/b14-12+. The SMILES string of the molecule is CCOC(=O)/C=C/c1ccc(OC(C)c2nc(-c3ccccc3)oc2C)c(OC)c1. The second kappa shape index (κ2) is 9.78. The molecule has 1 heterocycles. The molecular weight excluding hydrogens is 382 g/mol. The van der Waals surface area contributed by atoms with Gasteiger partial charge in [0.25, 0.3) is 0 Å². The number of methoxy groups -OCH3 is 1. The Kier molecular flexibility index (Phi) is 6.91. The van der Waals surface area contributed by atoms with E-state index in [2.05, 4.69) is 4.98 Å². The van der Waals surface area contributed by atoms with Gasteiger partial charge in [0, 0.05) is 11.6 Å². The maximum absolute atomic E-state index is 11.5. The van der Waals surface area contributed by atoms with Crippen LogP contribution in [0.3, 0.4) is 0 Å². The largest absolute Gasteiger partial charge is 0.493 e. The summed E-state index contributed by atoms with van der Waals surface area (Å²) in [5.74, 6) is 2.00. The average molecular weight is 407 g/mol. The molecule has 0 bridgehead atoms. The summed E-state index contributed by atoms with van der Waals surface area (Å²) in [6.07, 6.45) is 2.70. The molecule has 6 nitrogen and oxygen atoms in total. The highest BCUT2D eigenvalue weighted by Crippen LogP contribution is 2.34. The number of hydrogen-bond donors (Lipinski definition) is 0. The molecule has 6 heteroatoms. The van der Waals surface area contributed by atoms with E-state index < -0.39 is 0 Å². The van der Waals surface area contributed by atoms with Crippen molar-refractivity contribution in [1.29, 1.82) is 0 Å². The topological polar surface area (TPSA) is 70.8 Å². The number of aromatic nitrogens is 1. The number of aryl methyl sites for hydroxylation is 1. The van der Waals surface area contributed by atoms with E-state index in [0.717, 1.165) is 16.8 Å². The zero-order chi connectivity index (χ0) is 21.5. The zero-order valence-corrected chi connectivity index (χ0v) is 17.5. The van der Waals surface area contributed by atoms with Crippen molar-refractivity contribution in [3.05, 3.63) is 71.6 Å². The predicted octanol–water partition coefficient (Wildman–Crippen LogP) is 5.37. The third-order valence-electron chi connectivity index (χ3n) is 4.43. The van der Waals surface area contributed by atoms with Crippen molar-refractivity contribution in [3.8, 4) is 23.0 Å². The predicted molar refractivity (Wildman–Crippen MR) is 114 cm³/mol. The van der Waals surface area contributed by atoms with Gasteiger partial charge in [0.15, 0.2) is 11.5 Å². The molecule has 0 saturated carbocycles. The number of ether oxygens (including phenoxy) is 3. The van der Waals surface area contributed by atoms with E-state index in [0.29, 0.717) is 29.8 Å². The van der Waals surface area contributed by atoms with Crippen LogP contribution < -0.4 is 9.47 Å². The summed E-state index contributed by atoms with van der Waals surface area (Å²) in [5.41, 5.74) is 2.43. The monoisotopic (exact) mass is 407 g/mol. The third kappa shape index (κ3) is 5.08. The molecule has 30 heavy (non-hydrogen) atoms. The van der Waals surface area contributed by atoms with E-state index in [1.54, 1.807) is 32.2 Å². The number of carbonyl (C=O) groups is 1. The number of benzene rings is 2. The highest BCUT2D eigenvalue weighted by molar-refractivity contribution is 5.87. The number of rotatable bonds is 8. The molecule has 0 N–H and O–H groups in total. The van der Waals surface area contributed by atoms with Crippen molar-refractivity contribution in [3.63, 3.8) is 0 Å².